The molecule has 1 N–H and O–H groups in total. The fourth-order valence-electron chi connectivity index (χ4n) is 2.44. The summed E-state index contributed by atoms with van der Waals surface area (Å²) in [5.41, 5.74) is 0.951. The molecule has 0 aliphatic heterocycles. The molecule has 0 spiro atoms. The highest BCUT2D eigenvalue weighted by atomic mass is 16.6. The number of esters is 2. The first-order chi connectivity index (χ1) is 12.7. The molecule has 1 amide bonds. The molecule has 0 aromatic heterocycles. The molecule has 1 aromatic carbocycles. The van der Waals surface area contributed by atoms with Gasteiger partial charge >= 0.3 is 18.0 Å². The minimum Gasteiger partial charge on any atom is -0.467 e. The van der Waals surface area contributed by atoms with Gasteiger partial charge in [-0.25, -0.2) is 14.4 Å². The maximum Gasteiger partial charge on any atom is 0.408 e. The minimum absolute atomic E-state index is 0.365. The van der Waals surface area contributed by atoms with E-state index in [0.717, 1.165) is 18.4 Å². The number of hydrogen-bond donors (Lipinski definition) is 1. The van der Waals surface area contributed by atoms with E-state index in [2.05, 4.69) is 10.1 Å². The van der Waals surface area contributed by atoms with Crippen LogP contribution in [0, 0.1) is 0 Å². The molecule has 27 heavy (non-hydrogen) atoms. The van der Waals surface area contributed by atoms with Gasteiger partial charge < -0.3 is 19.5 Å². The van der Waals surface area contributed by atoms with Crippen LogP contribution in [0.25, 0.3) is 0 Å². The fourth-order valence-corrected chi connectivity index (χ4v) is 2.44. The first-order valence-electron chi connectivity index (χ1n) is 8.91. The molecule has 1 rings (SSSR count). The third-order valence-electron chi connectivity index (χ3n) is 3.76. The van der Waals surface area contributed by atoms with Crippen molar-refractivity contribution in [1.82, 2.24) is 5.32 Å². The van der Waals surface area contributed by atoms with E-state index in [0.29, 0.717) is 18.4 Å². The Morgan fingerprint density at radius 2 is 1.63 bits per heavy atom. The van der Waals surface area contributed by atoms with Gasteiger partial charge in [-0.05, 0) is 57.7 Å². The molecule has 0 fully saturated rings. The number of methoxy groups -OCH3 is 2. The van der Waals surface area contributed by atoms with E-state index < -0.39 is 23.7 Å². The van der Waals surface area contributed by atoms with Crippen LogP contribution in [0.5, 0.6) is 0 Å². The fraction of sp³-hybridized carbons (Fsp3) is 0.550. The van der Waals surface area contributed by atoms with E-state index in [9.17, 15) is 14.4 Å². The van der Waals surface area contributed by atoms with Crippen LogP contribution in [0.2, 0.25) is 0 Å². The van der Waals surface area contributed by atoms with Crippen LogP contribution in [0.4, 0.5) is 4.79 Å². The monoisotopic (exact) mass is 379 g/mol. The lowest BCUT2D eigenvalue weighted by Crippen LogP contribution is -2.44. The van der Waals surface area contributed by atoms with Crippen molar-refractivity contribution >= 4 is 18.0 Å². The molecule has 0 aliphatic rings. The molecule has 0 heterocycles. The number of alkyl carbamates (subject to hydrolysis) is 1. The lowest BCUT2D eigenvalue weighted by Gasteiger charge is -2.22. The molecular formula is C20H29NO6. The molecule has 1 atom stereocenters. The van der Waals surface area contributed by atoms with Gasteiger partial charge in [0.1, 0.15) is 11.6 Å². The summed E-state index contributed by atoms with van der Waals surface area (Å²) in [6.45, 7) is 5.27. The van der Waals surface area contributed by atoms with Gasteiger partial charge in [0, 0.05) is 0 Å². The number of nitrogens with one attached hydrogen (secondary N) is 1. The van der Waals surface area contributed by atoms with Gasteiger partial charge in [-0.1, -0.05) is 18.6 Å². The second-order valence-corrected chi connectivity index (χ2v) is 7.16. The average Bonchev–Trinajstić information content (AvgIpc) is 2.61. The molecule has 0 saturated carbocycles. The van der Waals surface area contributed by atoms with E-state index in [4.69, 9.17) is 9.47 Å². The summed E-state index contributed by atoms with van der Waals surface area (Å²) in [5.74, 6) is -0.862. The summed E-state index contributed by atoms with van der Waals surface area (Å²) in [4.78, 5) is 35.2. The largest absolute Gasteiger partial charge is 0.467 e. The molecule has 7 nitrogen and oxygen atoms in total. The number of amides is 1. The van der Waals surface area contributed by atoms with Gasteiger partial charge in [-0.3, -0.25) is 0 Å². The molecule has 1 aromatic rings. The number of rotatable bonds is 8. The van der Waals surface area contributed by atoms with Crippen LogP contribution < -0.4 is 5.32 Å². The molecule has 7 heteroatoms. The molecule has 0 aliphatic carbocycles. The van der Waals surface area contributed by atoms with Crippen LogP contribution in [0.15, 0.2) is 24.3 Å². The Morgan fingerprint density at radius 1 is 1.00 bits per heavy atom. The Hall–Kier alpha value is -2.57. The molecule has 0 saturated heterocycles. The highest BCUT2D eigenvalue weighted by Gasteiger charge is 2.24. The zero-order valence-electron chi connectivity index (χ0n) is 16.7. The van der Waals surface area contributed by atoms with Crippen molar-refractivity contribution < 1.29 is 28.6 Å². The van der Waals surface area contributed by atoms with E-state index >= 15 is 0 Å². The summed E-state index contributed by atoms with van der Waals surface area (Å²) < 4.78 is 14.6. The number of aryl methyl sites for hydroxylation is 1. The van der Waals surface area contributed by atoms with Crippen molar-refractivity contribution in [2.75, 3.05) is 14.2 Å². The summed E-state index contributed by atoms with van der Waals surface area (Å²) in [6.07, 6.45) is 2.14. The highest BCUT2D eigenvalue weighted by Crippen LogP contribution is 2.12. The van der Waals surface area contributed by atoms with Crippen LogP contribution in [-0.4, -0.2) is 43.9 Å². The molecule has 0 radical (unpaired) electrons. The van der Waals surface area contributed by atoms with Gasteiger partial charge in [0.2, 0.25) is 0 Å². The Bertz CT molecular complexity index is 633. The highest BCUT2D eigenvalue weighted by molar-refractivity contribution is 5.89. The number of benzene rings is 1. The second-order valence-electron chi connectivity index (χ2n) is 7.16. The van der Waals surface area contributed by atoms with Crippen molar-refractivity contribution in [2.24, 2.45) is 0 Å². The number of carbonyl (C=O) groups excluding carboxylic acids is 3. The summed E-state index contributed by atoms with van der Waals surface area (Å²) >= 11 is 0. The van der Waals surface area contributed by atoms with Gasteiger partial charge in [0.15, 0.2) is 0 Å². The molecular weight excluding hydrogens is 350 g/mol. The third-order valence-corrected chi connectivity index (χ3v) is 3.76. The van der Waals surface area contributed by atoms with Crippen LogP contribution in [-0.2, 0) is 25.4 Å². The lowest BCUT2D eigenvalue weighted by molar-refractivity contribution is -0.143. The van der Waals surface area contributed by atoms with E-state index in [-0.39, 0.29) is 5.97 Å². The first kappa shape index (κ1) is 22.5. The Morgan fingerprint density at radius 3 is 2.15 bits per heavy atom. The number of carbonyl (C=O) groups is 3. The number of hydrogen-bond acceptors (Lipinski definition) is 6. The normalized spacial score (nSPS) is 12.0. The standard InChI is InChI=1S/C20H29NO6/c1-20(2,3)27-19(24)21-16(18(23)26-5)9-7-6-8-14-10-12-15(13-11-14)17(22)25-4/h10-13,16H,6-9H2,1-5H3,(H,21,24)/t16-/m0/s1. The smallest absolute Gasteiger partial charge is 0.408 e. The molecule has 0 bridgehead atoms. The zero-order valence-corrected chi connectivity index (χ0v) is 16.7. The topological polar surface area (TPSA) is 90.9 Å². The van der Waals surface area contributed by atoms with E-state index in [1.165, 1.54) is 14.2 Å². The van der Waals surface area contributed by atoms with Crippen LogP contribution >= 0.6 is 0 Å². The molecule has 0 unspecified atom stereocenters. The SMILES string of the molecule is COC(=O)c1ccc(CCCC[C@H](NC(=O)OC(C)(C)C)C(=O)OC)cc1. The lowest BCUT2D eigenvalue weighted by atomic mass is 10.0. The van der Waals surface area contributed by atoms with Gasteiger partial charge in [-0.2, -0.15) is 0 Å². The van der Waals surface area contributed by atoms with E-state index in [1.54, 1.807) is 32.9 Å². The second kappa shape index (κ2) is 10.5. The summed E-state index contributed by atoms with van der Waals surface area (Å²) in [6, 6.07) is 6.46. The first-order valence-corrected chi connectivity index (χ1v) is 8.91. The summed E-state index contributed by atoms with van der Waals surface area (Å²) in [5, 5.41) is 2.56. The van der Waals surface area contributed by atoms with Crippen LogP contribution in [0.3, 0.4) is 0 Å². The summed E-state index contributed by atoms with van der Waals surface area (Å²) in [7, 11) is 2.63. The van der Waals surface area contributed by atoms with Crippen molar-refractivity contribution in [3.63, 3.8) is 0 Å². The maximum absolute atomic E-state index is 11.9. The van der Waals surface area contributed by atoms with Crippen molar-refractivity contribution in [1.29, 1.82) is 0 Å². The van der Waals surface area contributed by atoms with Crippen molar-refractivity contribution in [2.45, 2.75) is 58.1 Å². The average molecular weight is 379 g/mol. The minimum atomic E-state index is -0.744. The third kappa shape index (κ3) is 8.57. The maximum atomic E-state index is 11.9. The van der Waals surface area contributed by atoms with Crippen LogP contribution in [0.1, 0.15) is 56.0 Å². The number of ether oxygens (including phenoxy) is 3. The predicted molar refractivity (Wildman–Crippen MR) is 101 cm³/mol. The zero-order chi connectivity index (χ0) is 20.4. The quantitative estimate of drug-likeness (QED) is 0.424. The van der Waals surface area contributed by atoms with Gasteiger partial charge in [-0.15, -0.1) is 0 Å². The van der Waals surface area contributed by atoms with Crippen molar-refractivity contribution in [3.05, 3.63) is 35.4 Å². The number of unbranched alkanes of at least 4 members (excludes halogenated alkanes) is 1. The predicted octanol–water partition coefficient (Wildman–Crippen LogP) is 3.25. The molecule has 150 valence electrons. The Labute approximate surface area is 160 Å². The van der Waals surface area contributed by atoms with Gasteiger partial charge in [0.05, 0.1) is 19.8 Å². The van der Waals surface area contributed by atoms with Gasteiger partial charge in [0.25, 0.3) is 0 Å². The van der Waals surface area contributed by atoms with E-state index in [1.807, 2.05) is 12.1 Å². The Balaban J connectivity index is 2.48. The van der Waals surface area contributed by atoms with Crippen molar-refractivity contribution in [3.8, 4) is 0 Å². The Kier molecular flexibility index (Phi) is 8.78.